The zero-order chi connectivity index (χ0) is 11.1. The summed E-state index contributed by atoms with van der Waals surface area (Å²) in [6.07, 6.45) is 1.20. The van der Waals surface area contributed by atoms with Gasteiger partial charge in [0.2, 0.25) is 0 Å². The lowest BCUT2D eigenvalue weighted by atomic mass is 10.2. The number of benzene rings is 1. The van der Waals surface area contributed by atoms with Crippen molar-refractivity contribution < 1.29 is 0 Å². The van der Waals surface area contributed by atoms with Crippen molar-refractivity contribution in [2.24, 2.45) is 0 Å². The Morgan fingerprint density at radius 1 is 1.20 bits per heavy atom. The highest BCUT2D eigenvalue weighted by molar-refractivity contribution is 5.52. The van der Waals surface area contributed by atoms with E-state index in [9.17, 15) is 0 Å². The Balaban J connectivity index is 2.40. The molecule has 2 heteroatoms. The van der Waals surface area contributed by atoms with Crippen LogP contribution in [0.4, 0.5) is 5.69 Å². The van der Waals surface area contributed by atoms with Crippen molar-refractivity contribution in [3.8, 4) is 0 Å². The smallest absolute Gasteiger partial charge is 0.0393 e. The first-order valence-electron chi connectivity index (χ1n) is 5.73. The molecule has 0 aliphatic heterocycles. The lowest BCUT2D eigenvalue weighted by molar-refractivity contribution is 0.665. The van der Waals surface area contributed by atoms with Gasteiger partial charge in [0.1, 0.15) is 0 Å². The first kappa shape index (κ1) is 12.1. The van der Waals surface area contributed by atoms with E-state index in [0.717, 1.165) is 19.6 Å². The topological polar surface area (TPSA) is 15.3 Å². The fourth-order valence-corrected chi connectivity index (χ4v) is 1.66. The number of para-hydroxylation sites is 1. The number of rotatable bonds is 6. The van der Waals surface area contributed by atoms with E-state index < -0.39 is 0 Å². The van der Waals surface area contributed by atoms with Crippen molar-refractivity contribution in [2.45, 2.75) is 20.3 Å². The molecule has 0 atom stereocenters. The predicted molar refractivity (Wildman–Crippen MR) is 67.6 cm³/mol. The number of nitrogens with one attached hydrogen (secondary N) is 1. The monoisotopic (exact) mass is 206 g/mol. The van der Waals surface area contributed by atoms with Gasteiger partial charge in [-0.1, -0.05) is 25.1 Å². The minimum absolute atomic E-state index is 1.05. The molecule has 0 aliphatic carbocycles. The molecule has 1 rings (SSSR count). The fraction of sp³-hybridized carbons (Fsp3) is 0.538. The van der Waals surface area contributed by atoms with Gasteiger partial charge in [0.25, 0.3) is 0 Å². The Morgan fingerprint density at radius 3 is 2.60 bits per heavy atom. The van der Waals surface area contributed by atoms with Crippen molar-refractivity contribution in [2.75, 3.05) is 31.6 Å². The molecule has 0 aliphatic rings. The van der Waals surface area contributed by atoms with E-state index in [4.69, 9.17) is 0 Å². The highest BCUT2D eigenvalue weighted by atomic mass is 15.1. The van der Waals surface area contributed by atoms with Crippen molar-refractivity contribution >= 4 is 5.69 Å². The molecule has 0 amide bonds. The zero-order valence-corrected chi connectivity index (χ0v) is 10.1. The molecule has 0 radical (unpaired) electrons. The quantitative estimate of drug-likeness (QED) is 0.719. The van der Waals surface area contributed by atoms with Crippen LogP contribution in [0.15, 0.2) is 24.3 Å². The molecule has 1 N–H and O–H groups in total. The number of likely N-dealkylation sites (N-methyl/N-ethyl adjacent to an activating group) is 1. The van der Waals surface area contributed by atoms with E-state index in [1.807, 2.05) is 0 Å². The molecule has 2 nitrogen and oxygen atoms in total. The number of aryl methyl sites for hydroxylation is 1. The second-order valence-electron chi connectivity index (χ2n) is 3.96. The van der Waals surface area contributed by atoms with Crippen LogP contribution >= 0.6 is 0 Å². The Morgan fingerprint density at radius 2 is 1.93 bits per heavy atom. The van der Waals surface area contributed by atoms with Gasteiger partial charge < -0.3 is 10.2 Å². The van der Waals surface area contributed by atoms with Gasteiger partial charge >= 0.3 is 0 Å². The Bertz CT molecular complexity index is 284. The molecule has 0 unspecified atom stereocenters. The van der Waals surface area contributed by atoms with Crippen LogP contribution in [0.25, 0.3) is 0 Å². The summed E-state index contributed by atoms with van der Waals surface area (Å²) in [5.74, 6) is 0. The summed E-state index contributed by atoms with van der Waals surface area (Å²) in [6.45, 7) is 7.58. The lowest BCUT2D eigenvalue weighted by Gasteiger charge is -2.21. The summed E-state index contributed by atoms with van der Waals surface area (Å²) in [4.78, 5) is 2.30. The summed E-state index contributed by atoms with van der Waals surface area (Å²) < 4.78 is 0. The van der Waals surface area contributed by atoms with Crippen LogP contribution in [0.5, 0.6) is 0 Å². The van der Waals surface area contributed by atoms with Gasteiger partial charge in [-0.05, 0) is 31.5 Å². The van der Waals surface area contributed by atoms with Gasteiger partial charge in [0.05, 0.1) is 0 Å². The Kier molecular flexibility index (Phi) is 5.19. The largest absolute Gasteiger partial charge is 0.373 e. The van der Waals surface area contributed by atoms with Gasteiger partial charge in [0, 0.05) is 25.8 Å². The first-order chi connectivity index (χ1) is 7.25. The molecule has 0 spiro atoms. The highest BCUT2D eigenvalue weighted by Gasteiger charge is 2.02. The maximum Gasteiger partial charge on any atom is 0.0393 e. The van der Waals surface area contributed by atoms with Crippen molar-refractivity contribution in [1.29, 1.82) is 0 Å². The third kappa shape index (κ3) is 3.92. The van der Waals surface area contributed by atoms with Crippen molar-refractivity contribution in [3.63, 3.8) is 0 Å². The zero-order valence-electron chi connectivity index (χ0n) is 10.1. The van der Waals surface area contributed by atoms with Gasteiger partial charge in [-0.15, -0.1) is 0 Å². The summed E-state index contributed by atoms with van der Waals surface area (Å²) in [5, 5.41) is 3.41. The molecule has 0 saturated heterocycles. The summed E-state index contributed by atoms with van der Waals surface area (Å²) in [7, 11) is 2.15. The normalized spacial score (nSPS) is 10.3. The molecule has 0 bridgehead atoms. The van der Waals surface area contributed by atoms with Crippen LogP contribution in [0.1, 0.15) is 18.9 Å². The average Bonchev–Trinajstić information content (AvgIpc) is 2.25. The van der Waals surface area contributed by atoms with Crippen molar-refractivity contribution in [3.05, 3.63) is 29.8 Å². The average molecular weight is 206 g/mol. The Labute approximate surface area is 93.3 Å². The molecule has 0 aromatic heterocycles. The molecule has 0 heterocycles. The van der Waals surface area contributed by atoms with Gasteiger partial charge in [-0.3, -0.25) is 0 Å². The maximum atomic E-state index is 3.41. The van der Waals surface area contributed by atoms with Gasteiger partial charge in [-0.25, -0.2) is 0 Å². The summed E-state index contributed by atoms with van der Waals surface area (Å²) >= 11 is 0. The molecule has 1 aromatic rings. The van der Waals surface area contributed by atoms with Crippen LogP contribution in [0.2, 0.25) is 0 Å². The van der Waals surface area contributed by atoms with Crippen LogP contribution in [0, 0.1) is 6.92 Å². The molecule has 15 heavy (non-hydrogen) atoms. The third-order valence-electron chi connectivity index (χ3n) is 2.58. The number of anilines is 1. The second kappa shape index (κ2) is 6.46. The molecule has 1 aromatic carbocycles. The van der Waals surface area contributed by atoms with E-state index in [-0.39, 0.29) is 0 Å². The molecule has 0 saturated carbocycles. The highest BCUT2D eigenvalue weighted by Crippen LogP contribution is 2.16. The third-order valence-corrected chi connectivity index (χ3v) is 2.58. The van der Waals surface area contributed by atoms with E-state index in [0.29, 0.717) is 0 Å². The van der Waals surface area contributed by atoms with E-state index in [2.05, 4.69) is 55.4 Å². The molecular weight excluding hydrogens is 184 g/mol. The minimum atomic E-state index is 1.05. The molecule has 84 valence electrons. The standard InChI is InChI=1S/C13H22N2/c1-4-9-14-10-11-15(3)13-8-6-5-7-12(13)2/h5-8,14H,4,9-11H2,1-3H3. The van der Waals surface area contributed by atoms with Crippen LogP contribution < -0.4 is 10.2 Å². The van der Waals surface area contributed by atoms with Crippen LogP contribution in [-0.2, 0) is 0 Å². The second-order valence-corrected chi connectivity index (χ2v) is 3.96. The van der Waals surface area contributed by atoms with Crippen LogP contribution in [0.3, 0.4) is 0 Å². The van der Waals surface area contributed by atoms with Crippen molar-refractivity contribution in [1.82, 2.24) is 5.32 Å². The maximum absolute atomic E-state index is 3.41. The van der Waals surface area contributed by atoms with E-state index in [1.165, 1.54) is 17.7 Å². The first-order valence-corrected chi connectivity index (χ1v) is 5.73. The SMILES string of the molecule is CCCNCCN(C)c1ccccc1C. The summed E-state index contributed by atoms with van der Waals surface area (Å²) in [5.41, 5.74) is 2.67. The van der Waals surface area contributed by atoms with E-state index >= 15 is 0 Å². The molecular formula is C13H22N2. The van der Waals surface area contributed by atoms with Gasteiger partial charge in [0.15, 0.2) is 0 Å². The summed E-state index contributed by atoms with van der Waals surface area (Å²) in [6, 6.07) is 8.51. The lowest BCUT2D eigenvalue weighted by Crippen LogP contribution is -2.29. The van der Waals surface area contributed by atoms with E-state index in [1.54, 1.807) is 0 Å². The predicted octanol–water partition coefficient (Wildman–Crippen LogP) is 2.43. The molecule has 0 fully saturated rings. The number of nitrogens with zero attached hydrogens (tertiary/aromatic N) is 1. The van der Waals surface area contributed by atoms with Crippen LogP contribution in [-0.4, -0.2) is 26.7 Å². The minimum Gasteiger partial charge on any atom is -0.373 e. The number of hydrogen-bond donors (Lipinski definition) is 1. The Hall–Kier alpha value is -1.02. The fourth-order valence-electron chi connectivity index (χ4n) is 1.66. The van der Waals surface area contributed by atoms with Gasteiger partial charge in [-0.2, -0.15) is 0 Å². The number of hydrogen-bond acceptors (Lipinski definition) is 2.